The van der Waals surface area contributed by atoms with E-state index >= 15 is 0 Å². The number of rotatable bonds is 11. The molecular weight excluding hydrogens is 492 g/mol. The lowest BCUT2D eigenvalue weighted by molar-refractivity contribution is -0.140. The smallest absolute Gasteiger partial charge is 0.295 e. The number of methoxy groups -OCH3 is 3. The van der Waals surface area contributed by atoms with Crippen molar-refractivity contribution >= 4 is 17.4 Å². The maximum absolute atomic E-state index is 13.4. The van der Waals surface area contributed by atoms with Gasteiger partial charge in [-0.3, -0.25) is 9.59 Å². The van der Waals surface area contributed by atoms with Crippen molar-refractivity contribution in [3.05, 3.63) is 47.0 Å². The number of carbonyl (C=O) groups excluding carboxylic acids is 2. The van der Waals surface area contributed by atoms with Gasteiger partial charge in [-0.2, -0.15) is 0 Å². The van der Waals surface area contributed by atoms with E-state index in [1.165, 1.54) is 26.2 Å². The second kappa shape index (κ2) is 11.6. The molecule has 0 bridgehead atoms. The summed E-state index contributed by atoms with van der Waals surface area (Å²) in [6, 6.07) is 7.41. The Morgan fingerprint density at radius 2 is 1.66 bits per heavy atom. The molecular formula is C28H34N2O8. The second-order valence-electron chi connectivity index (χ2n) is 8.90. The van der Waals surface area contributed by atoms with E-state index < -0.39 is 17.7 Å². The number of aliphatic hydroxyl groups is 1. The number of aliphatic hydroxyl groups excluding tert-OH is 1. The Morgan fingerprint density at radius 1 is 1.00 bits per heavy atom. The fourth-order valence-electron chi connectivity index (χ4n) is 4.92. The van der Waals surface area contributed by atoms with Crippen LogP contribution in [0.1, 0.15) is 37.4 Å². The van der Waals surface area contributed by atoms with Crippen LogP contribution in [0.2, 0.25) is 0 Å². The van der Waals surface area contributed by atoms with Gasteiger partial charge in [-0.05, 0) is 62.0 Å². The van der Waals surface area contributed by atoms with Crippen molar-refractivity contribution < 1.29 is 38.4 Å². The molecule has 0 aromatic heterocycles. The molecule has 2 aromatic rings. The molecule has 1 N–H and O–H groups in total. The molecule has 204 valence electrons. The van der Waals surface area contributed by atoms with Crippen molar-refractivity contribution in [3.8, 4) is 28.7 Å². The van der Waals surface area contributed by atoms with E-state index in [0.717, 1.165) is 19.6 Å². The van der Waals surface area contributed by atoms with Crippen LogP contribution in [0.15, 0.2) is 35.9 Å². The van der Waals surface area contributed by atoms with Crippen LogP contribution in [0.4, 0.5) is 0 Å². The maximum atomic E-state index is 13.4. The van der Waals surface area contributed by atoms with Crippen molar-refractivity contribution in [1.29, 1.82) is 0 Å². The number of ether oxygens (including phenoxy) is 5. The number of hydrogen-bond donors (Lipinski definition) is 1. The van der Waals surface area contributed by atoms with E-state index in [0.29, 0.717) is 52.8 Å². The summed E-state index contributed by atoms with van der Waals surface area (Å²) in [5.74, 6) is 0.385. The van der Waals surface area contributed by atoms with Crippen LogP contribution in [-0.4, -0.2) is 80.9 Å². The summed E-state index contributed by atoms with van der Waals surface area (Å²) >= 11 is 0. The van der Waals surface area contributed by atoms with Gasteiger partial charge >= 0.3 is 0 Å². The van der Waals surface area contributed by atoms with Crippen LogP contribution in [-0.2, 0) is 9.59 Å². The molecule has 0 saturated carbocycles. The normalized spacial score (nSPS) is 17.8. The fraction of sp³-hybridized carbons (Fsp3) is 0.429. The number of amides is 1. The minimum absolute atomic E-state index is 0.0222. The van der Waals surface area contributed by atoms with Crippen molar-refractivity contribution in [1.82, 2.24) is 9.80 Å². The van der Waals surface area contributed by atoms with Gasteiger partial charge in [0.1, 0.15) is 5.76 Å². The summed E-state index contributed by atoms with van der Waals surface area (Å²) in [6.45, 7) is 7.09. The van der Waals surface area contributed by atoms with Gasteiger partial charge in [0.05, 0.1) is 32.9 Å². The quantitative estimate of drug-likeness (QED) is 0.267. The maximum Gasteiger partial charge on any atom is 0.295 e. The number of likely N-dealkylation sites (tertiary alicyclic amines) is 1. The average molecular weight is 527 g/mol. The molecule has 2 aliphatic rings. The molecule has 0 radical (unpaired) electrons. The van der Waals surface area contributed by atoms with E-state index in [4.69, 9.17) is 23.7 Å². The summed E-state index contributed by atoms with van der Waals surface area (Å²) in [5, 5.41) is 11.4. The highest BCUT2D eigenvalue weighted by atomic mass is 16.7. The molecule has 0 aliphatic carbocycles. The Kier molecular flexibility index (Phi) is 8.31. The van der Waals surface area contributed by atoms with E-state index in [1.54, 1.807) is 30.3 Å². The van der Waals surface area contributed by atoms with Gasteiger partial charge in [0.15, 0.2) is 23.0 Å². The van der Waals surface area contributed by atoms with Gasteiger partial charge in [0, 0.05) is 12.1 Å². The lowest BCUT2D eigenvalue weighted by Gasteiger charge is -2.27. The highest BCUT2D eigenvalue weighted by molar-refractivity contribution is 6.46. The Balaban J connectivity index is 1.83. The Labute approximate surface area is 222 Å². The van der Waals surface area contributed by atoms with E-state index in [9.17, 15) is 14.7 Å². The summed E-state index contributed by atoms with van der Waals surface area (Å²) in [4.78, 5) is 30.5. The number of ketones is 1. The average Bonchev–Trinajstić information content (AvgIpc) is 3.51. The SMILES string of the molecule is CCN(CC)CCCN1C(=O)C(=O)C(=C(O)c2ccc3c(c2)OCO3)C1c1cc(OC)c(OC)c(OC)c1. The van der Waals surface area contributed by atoms with Crippen molar-refractivity contribution in [2.75, 3.05) is 54.3 Å². The predicted octanol–water partition coefficient (Wildman–Crippen LogP) is 3.59. The Bertz CT molecular complexity index is 1210. The summed E-state index contributed by atoms with van der Waals surface area (Å²) in [7, 11) is 4.49. The first-order valence-corrected chi connectivity index (χ1v) is 12.6. The monoisotopic (exact) mass is 526 g/mol. The lowest BCUT2D eigenvalue weighted by atomic mass is 9.94. The zero-order valence-electron chi connectivity index (χ0n) is 22.4. The molecule has 1 fully saturated rings. The molecule has 1 atom stereocenters. The largest absolute Gasteiger partial charge is 0.507 e. The molecule has 1 saturated heterocycles. The van der Waals surface area contributed by atoms with E-state index in [2.05, 4.69) is 18.7 Å². The van der Waals surface area contributed by atoms with Crippen molar-refractivity contribution in [2.45, 2.75) is 26.3 Å². The third-order valence-corrected chi connectivity index (χ3v) is 6.96. The molecule has 2 aliphatic heterocycles. The van der Waals surface area contributed by atoms with Crippen LogP contribution in [0.25, 0.3) is 5.76 Å². The van der Waals surface area contributed by atoms with Gasteiger partial charge in [0.2, 0.25) is 12.5 Å². The summed E-state index contributed by atoms with van der Waals surface area (Å²) in [5.41, 5.74) is 0.864. The van der Waals surface area contributed by atoms with Crippen LogP contribution in [0.5, 0.6) is 28.7 Å². The molecule has 0 spiro atoms. The Hall–Kier alpha value is -3.92. The van der Waals surface area contributed by atoms with Crippen LogP contribution < -0.4 is 23.7 Å². The molecule has 38 heavy (non-hydrogen) atoms. The van der Waals surface area contributed by atoms with Gasteiger partial charge in [0.25, 0.3) is 11.7 Å². The molecule has 2 heterocycles. The number of benzene rings is 2. The summed E-state index contributed by atoms with van der Waals surface area (Å²) < 4.78 is 27.3. The third kappa shape index (κ3) is 4.96. The molecule has 10 nitrogen and oxygen atoms in total. The number of fused-ring (bicyclic) bond motifs is 1. The van der Waals surface area contributed by atoms with Gasteiger partial charge in [-0.1, -0.05) is 13.8 Å². The zero-order chi connectivity index (χ0) is 27.4. The van der Waals surface area contributed by atoms with Crippen molar-refractivity contribution in [2.24, 2.45) is 0 Å². The van der Waals surface area contributed by atoms with Gasteiger partial charge in [-0.15, -0.1) is 0 Å². The van der Waals surface area contributed by atoms with E-state index in [-0.39, 0.29) is 18.1 Å². The summed E-state index contributed by atoms with van der Waals surface area (Å²) in [6.07, 6.45) is 0.652. The lowest BCUT2D eigenvalue weighted by Crippen LogP contribution is -2.33. The molecule has 1 amide bonds. The second-order valence-corrected chi connectivity index (χ2v) is 8.90. The third-order valence-electron chi connectivity index (χ3n) is 6.96. The number of carbonyl (C=O) groups is 2. The van der Waals surface area contributed by atoms with Crippen molar-refractivity contribution in [3.63, 3.8) is 0 Å². The number of Topliss-reactive ketones (excluding diaryl/α,β-unsaturated/α-hetero) is 1. The molecule has 1 unspecified atom stereocenters. The van der Waals surface area contributed by atoms with Gasteiger partial charge < -0.3 is 38.6 Å². The van der Waals surface area contributed by atoms with Gasteiger partial charge in [-0.25, -0.2) is 0 Å². The first kappa shape index (κ1) is 27.1. The topological polar surface area (TPSA) is 107 Å². The van der Waals surface area contributed by atoms with Crippen LogP contribution in [0.3, 0.4) is 0 Å². The molecule has 2 aromatic carbocycles. The fourth-order valence-corrected chi connectivity index (χ4v) is 4.92. The highest BCUT2D eigenvalue weighted by Gasteiger charge is 2.46. The minimum atomic E-state index is -0.870. The zero-order valence-corrected chi connectivity index (χ0v) is 22.4. The molecule has 10 heteroatoms. The predicted molar refractivity (Wildman–Crippen MR) is 140 cm³/mol. The van der Waals surface area contributed by atoms with E-state index in [1.807, 2.05) is 0 Å². The first-order chi connectivity index (χ1) is 18.4. The highest BCUT2D eigenvalue weighted by Crippen LogP contribution is 2.46. The standard InChI is InChI=1S/C28H34N2O8/c1-6-29(7-2)11-8-12-30-24(18-14-21(34-3)27(36-5)22(15-18)35-4)23(26(32)28(30)33)25(31)17-9-10-19-20(13-17)38-16-37-19/h9-10,13-15,24,31H,6-8,11-12,16H2,1-5H3. The number of nitrogens with zero attached hydrogens (tertiary/aromatic N) is 2. The first-order valence-electron chi connectivity index (χ1n) is 12.6. The number of hydrogen-bond acceptors (Lipinski definition) is 9. The Morgan fingerprint density at radius 3 is 2.26 bits per heavy atom. The minimum Gasteiger partial charge on any atom is -0.507 e. The van der Waals surface area contributed by atoms with Crippen LogP contribution in [0, 0.1) is 0 Å². The molecule has 4 rings (SSSR count). The van der Waals surface area contributed by atoms with Crippen LogP contribution >= 0.6 is 0 Å².